The molecule has 21 heavy (non-hydrogen) atoms. The molecule has 0 bridgehead atoms. The van der Waals surface area contributed by atoms with Crippen LogP contribution in [0.2, 0.25) is 5.02 Å². The maximum absolute atomic E-state index is 11.9. The van der Waals surface area contributed by atoms with Crippen molar-refractivity contribution in [1.29, 1.82) is 0 Å². The summed E-state index contributed by atoms with van der Waals surface area (Å²) < 4.78 is 0. The third-order valence-electron chi connectivity index (χ3n) is 2.91. The molecule has 2 aromatic rings. The molecule has 2 N–H and O–H groups in total. The average Bonchev–Trinajstić information content (AvgIpc) is 2.47. The molecule has 0 spiro atoms. The molecule has 0 radical (unpaired) electrons. The number of carbonyl (C=O) groups is 1. The molecule has 0 aliphatic heterocycles. The monoisotopic (exact) mass is 318 g/mol. The van der Waals surface area contributed by atoms with Gasteiger partial charge < -0.3 is 5.32 Å². The van der Waals surface area contributed by atoms with Crippen molar-refractivity contribution in [2.75, 3.05) is 0 Å². The first-order valence-electron chi connectivity index (χ1n) is 6.45. The molecule has 0 aliphatic rings. The van der Waals surface area contributed by atoms with Gasteiger partial charge in [-0.25, -0.2) is 0 Å². The minimum atomic E-state index is -0.256. The summed E-state index contributed by atoms with van der Waals surface area (Å²) in [5.74, 6) is -0.256. The molecule has 108 valence electrons. The summed E-state index contributed by atoms with van der Waals surface area (Å²) in [5.41, 5.74) is 2.82. The zero-order valence-electron chi connectivity index (χ0n) is 11.5. The van der Waals surface area contributed by atoms with E-state index in [1.54, 1.807) is 24.3 Å². The Morgan fingerprint density at radius 1 is 1.10 bits per heavy atom. The normalized spacial score (nSPS) is 10.0. The van der Waals surface area contributed by atoms with Crippen molar-refractivity contribution in [3.05, 3.63) is 70.2 Å². The maximum Gasteiger partial charge on any atom is 0.257 e. The van der Waals surface area contributed by atoms with Crippen LogP contribution >= 0.6 is 23.8 Å². The van der Waals surface area contributed by atoms with Crippen molar-refractivity contribution in [2.24, 2.45) is 0 Å². The number of aryl methyl sites for hydroxylation is 1. The lowest BCUT2D eigenvalue weighted by atomic mass is 10.1. The molecular formula is C16H15ClN2OS. The van der Waals surface area contributed by atoms with Crippen molar-refractivity contribution >= 4 is 34.8 Å². The topological polar surface area (TPSA) is 41.1 Å². The molecule has 1 amide bonds. The minimum absolute atomic E-state index is 0.256. The van der Waals surface area contributed by atoms with Gasteiger partial charge in [0, 0.05) is 17.1 Å². The molecule has 0 heterocycles. The van der Waals surface area contributed by atoms with E-state index >= 15 is 0 Å². The van der Waals surface area contributed by atoms with Crippen molar-refractivity contribution in [3.63, 3.8) is 0 Å². The Bertz CT molecular complexity index is 638. The van der Waals surface area contributed by atoms with Gasteiger partial charge in [0.05, 0.1) is 0 Å². The van der Waals surface area contributed by atoms with Crippen molar-refractivity contribution < 1.29 is 4.79 Å². The van der Waals surface area contributed by atoms with Gasteiger partial charge >= 0.3 is 0 Å². The van der Waals surface area contributed by atoms with Crippen LogP contribution in [-0.4, -0.2) is 11.0 Å². The molecule has 0 fully saturated rings. The number of carbonyl (C=O) groups excluding carboxylic acids is 1. The summed E-state index contributed by atoms with van der Waals surface area (Å²) in [6.45, 7) is 2.61. The summed E-state index contributed by atoms with van der Waals surface area (Å²) in [5, 5.41) is 6.53. The number of amides is 1. The molecule has 5 heteroatoms. The fraction of sp³-hybridized carbons (Fsp3) is 0.125. The van der Waals surface area contributed by atoms with Gasteiger partial charge in [0.25, 0.3) is 5.91 Å². The van der Waals surface area contributed by atoms with Crippen LogP contribution < -0.4 is 10.6 Å². The van der Waals surface area contributed by atoms with Gasteiger partial charge in [0.2, 0.25) is 0 Å². The third kappa shape index (κ3) is 4.85. The molecule has 2 rings (SSSR count). The van der Waals surface area contributed by atoms with E-state index in [2.05, 4.69) is 10.6 Å². The average molecular weight is 319 g/mol. The van der Waals surface area contributed by atoms with E-state index in [1.807, 2.05) is 31.2 Å². The predicted octanol–water partition coefficient (Wildman–Crippen LogP) is 3.45. The summed E-state index contributed by atoms with van der Waals surface area (Å²) >= 11 is 10.9. The second-order valence-electron chi connectivity index (χ2n) is 4.63. The minimum Gasteiger partial charge on any atom is -0.358 e. The number of hydrogen-bond donors (Lipinski definition) is 2. The van der Waals surface area contributed by atoms with Gasteiger partial charge in [-0.15, -0.1) is 0 Å². The fourth-order valence-electron chi connectivity index (χ4n) is 1.71. The second-order valence-corrected chi connectivity index (χ2v) is 5.47. The highest BCUT2D eigenvalue weighted by Gasteiger charge is 2.07. The number of rotatable bonds is 3. The second kappa shape index (κ2) is 7.20. The number of nitrogens with one attached hydrogen (secondary N) is 2. The van der Waals surface area contributed by atoms with Crippen molar-refractivity contribution in [3.8, 4) is 0 Å². The Balaban J connectivity index is 1.85. The molecule has 3 nitrogen and oxygen atoms in total. The number of hydrogen-bond acceptors (Lipinski definition) is 2. The first-order chi connectivity index (χ1) is 10.0. The molecule has 0 aliphatic carbocycles. The molecule has 0 saturated heterocycles. The Kier molecular flexibility index (Phi) is 5.31. The number of halogens is 1. The number of thiocarbonyl (C=S) groups is 1. The van der Waals surface area contributed by atoms with Crippen LogP contribution in [0.1, 0.15) is 21.5 Å². The molecule has 0 aromatic heterocycles. The van der Waals surface area contributed by atoms with Gasteiger partial charge in [-0.2, -0.15) is 0 Å². The molecule has 0 saturated carbocycles. The van der Waals surface area contributed by atoms with Gasteiger partial charge in [-0.05, 0) is 49.0 Å². The Morgan fingerprint density at radius 3 is 2.33 bits per heavy atom. The van der Waals surface area contributed by atoms with E-state index in [-0.39, 0.29) is 5.91 Å². The highest BCUT2D eigenvalue weighted by atomic mass is 35.5. The Labute approximate surface area is 134 Å². The van der Waals surface area contributed by atoms with E-state index < -0.39 is 0 Å². The SMILES string of the molecule is Cc1ccc(CNC(=S)NC(=O)c2ccc(Cl)cc2)cc1. The number of benzene rings is 2. The fourth-order valence-corrected chi connectivity index (χ4v) is 2.00. The zero-order valence-corrected chi connectivity index (χ0v) is 13.1. The summed E-state index contributed by atoms with van der Waals surface area (Å²) in [6.07, 6.45) is 0. The summed E-state index contributed by atoms with van der Waals surface area (Å²) in [4.78, 5) is 11.9. The zero-order chi connectivity index (χ0) is 15.2. The Morgan fingerprint density at radius 2 is 1.71 bits per heavy atom. The third-order valence-corrected chi connectivity index (χ3v) is 3.41. The predicted molar refractivity (Wildman–Crippen MR) is 89.5 cm³/mol. The quantitative estimate of drug-likeness (QED) is 0.852. The van der Waals surface area contributed by atoms with Gasteiger partial charge in [-0.1, -0.05) is 41.4 Å². The van der Waals surface area contributed by atoms with Crippen LogP contribution in [0.15, 0.2) is 48.5 Å². The smallest absolute Gasteiger partial charge is 0.257 e. The lowest BCUT2D eigenvalue weighted by molar-refractivity contribution is 0.0976. The lowest BCUT2D eigenvalue weighted by Crippen LogP contribution is -2.38. The molecule has 0 unspecified atom stereocenters. The van der Waals surface area contributed by atoms with Gasteiger partial charge in [0.15, 0.2) is 5.11 Å². The van der Waals surface area contributed by atoms with Gasteiger partial charge in [-0.3, -0.25) is 10.1 Å². The highest BCUT2D eigenvalue weighted by Crippen LogP contribution is 2.09. The van der Waals surface area contributed by atoms with Crippen LogP contribution in [-0.2, 0) is 6.54 Å². The lowest BCUT2D eigenvalue weighted by Gasteiger charge is -2.10. The van der Waals surface area contributed by atoms with Gasteiger partial charge in [0.1, 0.15) is 0 Å². The van der Waals surface area contributed by atoms with Crippen molar-refractivity contribution in [1.82, 2.24) is 10.6 Å². The van der Waals surface area contributed by atoms with Crippen LogP contribution in [0.5, 0.6) is 0 Å². The first-order valence-corrected chi connectivity index (χ1v) is 7.23. The highest BCUT2D eigenvalue weighted by molar-refractivity contribution is 7.80. The van der Waals surface area contributed by atoms with E-state index in [9.17, 15) is 4.79 Å². The van der Waals surface area contributed by atoms with E-state index in [1.165, 1.54) is 5.56 Å². The summed E-state index contributed by atoms with van der Waals surface area (Å²) in [7, 11) is 0. The van der Waals surface area contributed by atoms with E-state index in [0.29, 0.717) is 22.2 Å². The van der Waals surface area contributed by atoms with E-state index in [4.69, 9.17) is 23.8 Å². The summed E-state index contributed by atoms with van der Waals surface area (Å²) in [6, 6.07) is 14.7. The van der Waals surface area contributed by atoms with Crippen molar-refractivity contribution in [2.45, 2.75) is 13.5 Å². The van der Waals surface area contributed by atoms with Crippen LogP contribution in [0, 0.1) is 6.92 Å². The van der Waals surface area contributed by atoms with E-state index in [0.717, 1.165) is 5.56 Å². The van der Waals surface area contributed by atoms with Crippen LogP contribution in [0.3, 0.4) is 0 Å². The molecule has 2 aromatic carbocycles. The standard InChI is InChI=1S/C16H15ClN2OS/c1-11-2-4-12(5-3-11)10-18-16(21)19-15(20)13-6-8-14(17)9-7-13/h2-9H,10H2,1H3,(H2,18,19,20,21). The van der Waals surface area contributed by atoms with Crippen LogP contribution in [0.4, 0.5) is 0 Å². The molecule has 0 atom stereocenters. The largest absolute Gasteiger partial charge is 0.358 e. The molecular weight excluding hydrogens is 304 g/mol. The Hall–Kier alpha value is -1.91. The maximum atomic E-state index is 11.9. The van der Waals surface area contributed by atoms with Crippen LogP contribution in [0.25, 0.3) is 0 Å². The first kappa shape index (κ1) is 15.5.